The van der Waals surface area contributed by atoms with Crippen molar-refractivity contribution < 1.29 is 9.84 Å². The number of rotatable bonds is 2. The lowest BCUT2D eigenvalue weighted by atomic mass is 10.0. The Labute approximate surface area is 104 Å². The number of aliphatic hydroxyl groups excluding tert-OH is 1. The van der Waals surface area contributed by atoms with Crippen LogP contribution in [0, 0.1) is 6.92 Å². The van der Waals surface area contributed by atoms with Crippen LogP contribution in [0.2, 0.25) is 0 Å². The molecule has 0 radical (unpaired) electrons. The first-order valence-electron chi connectivity index (χ1n) is 5.72. The van der Waals surface area contributed by atoms with E-state index in [2.05, 4.69) is 6.07 Å². The van der Waals surface area contributed by atoms with Crippen molar-refractivity contribution in [1.29, 1.82) is 0 Å². The van der Waals surface area contributed by atoms with Gasteiger partial charge in [-0.15, -0.1) is 11.3 Å². The highest BCUT2D eigenvalue weighted by Crippen LogP contribution is 2.36. The van der Waals surface area contributed by atoms with Crippen LogP contribution in [0.1, 0.15) is 22.1 Å². The highest BCUT2D eigenvalue weighted by molar-refractivity contribution is 7.10. The number of ether oxygens (including phenoxy) is 1. The van der Waals surface area contributed by atoms with Crippen LogP contribution in [0.4, 0.5) is 0 Å². The van der Waals surface area contributed by atoms with Crippen molar-refractivity contribution in [3.8, 4) is 5.75 Å². The van der Waals surface area contributed by atoms with Crippen LogP contribution in [0.25, 0.3) is 0 Å². The summed E-state index contributed by atoms with van der Waals surface area (Å²) in [6, 6.07) is 10.0. The van der Waals surface area contributed by atoms with Gasteiger partial charge < -0.3 is 9.84 Å². The van der Waals surface area contributed by atoms with Crippen LogP contribution in [-0.2, 0) is 6.42 Å². The summed E-state index contributed by atoms with van der Waals surface area (Å²) in [4.78, 5) is 1.02. The van der Waals surface area contributed by atoms with Crippen molar-refractivity contribution in [2.75, 3.05) is 0 Å². The van der Waals surface area contributed by atoms with Gasteiger partial charge in [-0.05, 0) is 35.6 Å². The van der Waals surface area contributed by atoms with E-state index in [0.29, 0.717) is 0 Å². The van der Waals surface area contributed by atoms with Crippen molar-refractivity contribution in [2.24, 2.45) is 0 Å². The topological polar surface area (TPSA) is 29.5 Å². The van der Waals surface area contributed by atoms with Crippen LogP contribution in [-0.4, -0.2) is 11.2 Å². The van der Waals surface area contributed by atoms with Gasteiger partial charge >= 0.3 is 0 Å². The average Bonchev–Trinajstić information content (AvgIpc) is 2.93. The van der Waals surface area contributed by atoms with Crippen molar-refractivity contribution >= 4 is 11.3 Å². The SMILES string of the molecule is Cc1ccsc1C(O)C1Cc2ccccc2O1. The van der Waals surface area contributed by atoms with Crippen LogP contribution in [0.15, 0.2) is 35.7 Å². The van der Waals surface area contributed by atoms with E-state index in [1.54, 1.807) is 11.3 Å². The summed E-state index contributed by atoms with van der Waals surface area (Å²) in [5.74, 6) is 0.908. The number of hydrogen-bond donors (Lipinski definition) is 1. The van der Waals surface area contributed by atoms with Gasteiger partial charge in [-0.25, -0.2) is 0 Å². The number of thiophene rings is 1. The Hall–Kier alpha value is -1.32. The number of hydrogen-bond acceptors (Lipinski definition) is 3. The van der Waals surface area contributed by atoms with Gasteiger partial charge in [0.15, 0.2) is 0 Å². The predicted molar refractivity (Wildman–Crippen MR) is 68.6 cm³/mol. The lowest BCUT2D eigenvalue weighted by Gasteiger charge is -2.17. The quantitative estimate of drug-likeness (QED) is 0.882. The lowest BCUT2D eigenvalue weighted by Crippen LogP contribution is -2.22. The molecule has 2 heterocycles. The Morgan fingerprint density at radius 2 is 2.18 bits per heavy atom. The molecule has 3 heteroatoms. The van der Waals surface area contributed by atoms with Crippen molar-refractivity contribution in [1.82, 2.24) is 0 Å². The molecular formula is C14H14O2S. The fourth-order valence-corrected chi connectivity index (χ4v) is 3.21. The second-order valence-electron chi connectivity index (χ2n) is 4.38. The summed E-state index contributed by atoms with van der Waals surface area (Å²) in [5, 5.41) is 12.4. The summed E-state index contributed by atoms with van der Waals surface area (Å²) < 4.78 is 5.80. The van der Waals surface area contributed by atoms with Gasteiger partial charge in [0.05, 0.1) is 0 Å². The first-order chi connectivity index (χ1) is 8.25. The third kappa shape index (κ3) is 1.85. The van der Waals surface area contributed by atoms with Gasteiger partial charge in [-0.2, -0.15) is 0 Å². The smallest absolute Gasteiger partial charge is 0.134 e. The summed E-state index contributed by atoms with van der Waals surface area (Å²) >= 11 is 1.59. The molecule has 17 heavy (non-hydrogen) atoms. The Morgan fingerprint density at radius 1 is 1.35 bits per heavy atom. The molecule has 0 saturated carbocycles. The molecule has 88 valence electrons. The minimum Gasteiger partial charge on any atom is -0.487 e. The van der Waals surface area contributed by atoms with Gasteiger partial charge in [-0.1, -0.05) is 18.2 Å². The van der Waals surface area contributed by atoms with E-state index < -0.39 is 6.10 Å². The van der Waals surface area contributed by atoms with Gasteiger partial charge in [-0.3, -0.25) is 0 Å². The molecule has 0 saturated heterocycles. The summed E-state index contributed by atoms with van der Waals surface area (Å²) in [6.45, 7) is 2.02. The summed E-state index contributed by atoms with van der Waals surface area (Å²) in [5.41, 5.74) is 2.33. The Balaban J connectivity index is 1.83. The third-order valence-electron chi connectivity index (χ3n) is 3.19. The van der Waals surface area contributed by atoms with Crippen LogP contribution < -0.4 is 4.74 Å². The average molecular weight is 246 g/mol. The second kappa shape index (κ2) is 4.17. The maximum atomic E-state index is 10.3. The molecule has 2 aromatic rings. The molecule has 0 aliphatic carbocycles. The van der Waals surface area contributed by atoms with Crippen molar-refractivity contribution in [2.45, 2.75) is 25.6 Å². The summed E-state index contributed by atoms with van der Waals surface area (Å²) in [7, 11) is 0. The molecule has 0 amide bonds. The first kappa shape index (κ1) is 10.8. The molecule has 1 aromatic heterocycles. The second-order valence-corrected chi connectivity index (χ2v) is 5.33. The van der Waals surface area contributed by atoms with Crippen molar-refractivity contribution in [3.63, 3.8) is 0 Å². The number of aryl methyl sites for hydroxylation is 1. The number of aliphatic hydroxyl groups is 1. The zero-order valence-corrected chi connectivity index (χ0v) is 10.4. The molecule has 0 spiro atoms. The molecule has 1 aliphatic heterocycles. The van der Waals surface area contributed by atoms with Gasteiger partial charge in [0.1, 0.15) is 18.0 Å². The first-order valence-corrected chi connectivity index (χ1v) is 6.60. The third-order valence-corrected chi connectivity index (χ3v) is 4.28. The highest BCUT2D eigenvalue weighted by atomic mass is 32.1. The lowest BCUT2D eigenvalue weighted by molar-refractivity contribution is 0.0513. The van der Waals surface area contributed by atoms with E-state index in [-0.39, 0.29) is 6.10 Å². The van der Waals surface area contributed by atoms with E-state index in [9.17, 15) is 5.11 Å². The van der Waals surface area contributed by atoms with Crippen molar-refractivity contribution in [3.05, 3.63) is 51.7 Å². The highest BCUT2D eigenvalue weighted by Gasteiger charge is 2.31. The Morgan fingerprint density at radius 3 is 2.88 bits per heavy atom. The number of fused-ring (bicyclic) bond motifs is 1. The number of benzene rings is 1. The van der Waals surface area contributed by atoms with E-state index in [1.165, 1.54) is 5.56 Å². The zero-order valence-electron chi connectivity index (χ0n) is 9.59. The normalized spacial score (nSPS) is 19.8. The largest absolute Gasteiger partial charge is 0.487 e. The molecule has 0 bridgehead atoms. The van der Waals surface area contributed by atoms with E-state index >= 15 is 0 Å². The Bertz CT molecular complexity index is 508. The standard InChI is InChI=1S/C14H14O2S/c1-9-6-7-17-14(9)13(15)12-8-10-4-2-3-5-11(10)16-12/h2-7,12-13,15H,8H2,1H3. The molecule has 2 nitrogen and oxygen atoms in total. The molecule has 2 atom stereocenters. The number of para-hydroxylation sites is 1. The zero-order chi connectivity index (χ0) is 11.8. The molecule has 1 aliphatic rings. The van der Waals surface area contributed by atoms with Crippen LogP contribution >= 0.6 is 11.3 Å². The summed E-state index contributed by atoms with van der Waals surface area (Å²) in [6.07, 6.45) is 0.112. The maximum Gasteiger partial charge on any atom is 0.134 e. The molecular weight excluding hydrogens is 232 g/mol. The molecule has 2 unspecified atom stereocenters. The van der Waals surface area contributed by atoms with E-state index in [1.807, 2.05) is 36.6 Å². The van der Waals surface area contributed by atoms with E-state index in [0.717, 1.165) is 22.6 Å². The van der Waals surface area contributed by atoms with Gasteiger partial charge in [0, 0.05) is 11.3 Å². The Kier molecular flexibility index (Phi) is 2.65. The fourth-order valence-electron chi connectivity index (χ4n) is 2.24. The maximum absolute atomic E-state index is 10.3. The molecule has 3 rings (SSSR count). The van der Waals surface area contributed by atoms with Crippen LogP contribution in [0.3, 0.4) is 0 Å². The monoisotopic (exact) mass is 246 g/mol. The minimum atomic E-state index is -0.526. The van der Waals surface area contributed by atoms with E-state index in [4.69, 9.17) is 4.74 Å². The fraction of sp³-hybridized carbons (Fsp3) is 0.286. The molecule has 1 N–H and O–H groups in total. The van der Waals surface area contributed by atoms with Gasteiger partial charge in [0.2, 0.25) is 0 Å². The van der Waals surface area contributed by atoms with Gasteiger partial charge in [0.25, 0.3) is 0 Å². The minimum absolute atomic E-state index is 0.148. The predicted octanol–water partition coefficient (Wildman–Crippen LogP) is 3.09. The van der Waals surface area contributed by atoms with Crippen LogP contribution in [0.5, 0.6) is 5.75 Å². The molecule has 0 fully saturated rings. The molecule has 1 aromatic carbocycles.